The first kappa shape index (κ1) is 13.0. The highest BCUT2D eigenvalue weighted by molar-refractivity contribution is 5.61. The van der Waals surface area contributed by atoms with Crippen molar-refractivity contribution in [2.24, 2.45) is 0 Å². The molecule has 0 amide bonds. The Morgan fingerprint density at radius 2 is 2.22 bits per heavy atom. The van der Waals surface area contributed by atoms with Crippen LogP contribution in [0.3, 0.4) is 0 Å². The lowest BCUT2D eigenvalue weighted by atomic mass is 10.2. The molecule has 100 valence electrons. The van der Waals surface area contributed by atoms with Gasteiger partial charge in [-0.1, -0.05) is 6.92 Å². The third-order valence-electron chi connectivity index (χ3n) is 3.23. The van der Waals surface area contributed by atoms with Crippen LogP contribution in [-0.2, 0) is 4.74 Å². The zero-order valence-corrected chi connectivity index (χ0v) is 11.2. The fourth-order valence-electron chi connectivity index (χ4n) is 2.25. The van der Waals surface area contributed by atoms with Crippen molar-refractivity contribution >= 4 is 11.4 Å². The molecule has 0 saturated carbocycles. The van der Waals surface area contributed by atoms with Gasteiger partial charge in [-0.05, 0) is 18.9 Å². The van der Waals surface area contributed by atoms with Crippen molar-refractivity contribution in [1.82, 2.24) is 0 Å². The van der Waals surface area contributed by atoms with Gasteiger partial charge < -0.3 is 20.1 Å². The molecule has 0 radical (unpaired) electrons. The van der Waals surface area contributed by atoms with Crippen LogP contribution in [-0.4, -0.2) is 32.9 Å². The van der Waals surface area contributed by atoms with Crippen LogP contribution in [0.2, 0.25) is 0 Å². The number of benzene rings is 1. The van der Waals surface area contributed by atoms with Crippen LogP contribution in [0.25, 0.3) is 0 Å². The Labute approximate surface area is 109 Å². The van der Waals surface area contributed by atoms with Gasteiger partial charge in [0.05, 0.1) is 12.7 Å². The minimum atomic E-state index is 0.325. The number of nitrogens with zero attached hydrogens (tertiary/aromatic N) is 1. The van der Waals surface area contributed by atoms with Gasteiger partial charge in [-0.2, -0.15) is 0 Å². The van der Waals surface area contributed by atoms with E-state index in [1.165, 1.54) is 0 Å². The van der Waals surface area contributed by atoms with E-state index >= 15 is 0 Å². The molecule has 18 heavy (non-hydrogen) atoms. The van der Waals surface area contributed by atoms with Crippen molar-refractivity contribution in [2.75, 3.05) is 37.4 Å². The van der Waals surface area contributed by atoms with Crippen molar-refractivity contribution in [3.63, 3.8) is 0 Å². The van der Waals surface area contributed by atoms with Gasteiger partial charge in [-0.25, -0.2) is 0 Å². The first-order chi connectivity index (χ1) is 8.72. The van der Waals surface area contributed by atoms with Gasteiger partial charge in [0, 0.05) is 43.7 Å². The van der Waals surface area contributed by atoms with E-state index in [1.54, 1.807) is 7.11 Å². The van der Waals surface area contributed by atoms with Crippen molar-refractivity contribution in [1.29, 1.82) is 0 Å². The third-order valence-corrected chi connectivity index (χ3v) is 3.23. The molecule has 1 heterocycles. The van der Waals surface area contributed by atoms with Crippen molar-refractivity contribution in [2.45, 2.75) is 25.9 Å². The van der Waals surface area contributed by atoms with E-state index in [9.17, 15) is 0 Å². The second-order valence-electron chi connectivity index (χ2n) is 4.70. The molecular weight excluding hydrogens is 228 g/mol. The van der Waals surface area contributed by atoms with Gasteiger partial charge in [0.15, 0.2) is 0 Å². The normalized spacial score (nSPS) is 19.2. The number of ether oxygens (including phenoxy) is 2. The van der Waals surface area contributed by atoms with Gasteiger partial charge in [0.2, 0.25) is 0 Å². The van der Waals surface area contributed by atoms with Gasteiger partial charge in [0.25, 0.3) is 0 Å². The Balaban J connectivity index is 2.10. The van der Waals surface area contributed by atoms with Crippen LogP contribution >= 0.6 is 0 Å². The summed E-state index contributed by atoms with van der Waals surface area (Å²) in [5, 5.41) is 0. The number of nitrogens with two attached hydrogens (primary N) is 1. The number of methoxy groups -OCH3 is 1. The van der Waals surface area contributed by atoms with Crippen molar-refractivity contribution < 1.29 is 9.47 Å². The lowest BCUT2D eigenvalue weighted by Crippen LogP contribution is -2.22. The molecule has 1 aliphatic heterocycles. The molecule has 0 spiro atoms. The summed E-state index contributed by atoms with van der Waals surface area (Å²) in [4.78, 5) is 2.29. The lowest BCUT2D eigenvalue weighted by Gasteiger charge is -2.20. The fraction of sp³-hybridized carbons (Fsp3) is 0.571. The second-order valence-corrected chi connectivity index (χ2v) is 4.70. The summed E-state index contributed by atoms with van der Waals surface area (Å²) in [7, 11) is 1.77. The van der Waals surface area contributed by atoms with Crippen molar-refractivity contribution in [3.8, 4) is 5.75 Å². The molecule has 4 heteroatoms. The summed E-state index contributed by atoms with van der Waals surface area (Å²) in [6, 6.07) is 5.93. The first-order valence-corrected chi connectivity index (χ1v) is 6.54. The third kappa shape index (κ3) is 3.07. The van der Waals surface area contributed by atoms with E-state index in [0.29, 0.717) is 6.10 Å². The standard InChI is InChI=1S/C14H22N2O2/c1-3-6-18-14-8-11(15)7-12(9-14)16-5-4-13(10-16)17-2/h7-9,13H,3-6,10,15H2,1-2H3. The largest absolute Gasteiger partial charge is 0.493 e. The maximum Gasteiger partial charge on any atom is 0.123 e. The molecule has 0 aromatic heterocycles. The molecule has 1 aromatic carbocycles. The van der Waals surface area contributed by atoms with Crippen LogP contribution < -0.4 is 15.4 Å². The van der Waals surface area contributed by atoms with E-state index in [-0.39, 0.29) is 0 Å². The topological polar surface area (TPSA) is 47.7 Å². The average molecular weight is 250 g/mol. The van der Waals surface area contributed by atoms with Crippen LogP contribution in [0, 0.1) is 0 Å². The van der Waals surface area contributed by atoms with E-state index in [2.05, 4.69) is 17.9 Å². The van der Waals surface area contributed by atoms with E-state index in [1.807, 2.05) is 12.1 Å². The predicted molar refractivity (Wildman–Crippen MR) is 74.3 cm³/mol. The minimum absolute atomic E-state index is 0.325. The molecule has 0 aliphatic carbocycles. The molecule has 2 N–H and O–H groups in total. The van der Waals surface area contributed by atoms with E-state index in [0.717, 1.165) is 49.7 Å². The Kier molecular flexibility index (Phi) is 4.31. The highest BCUT2D eigenvalue weighted by atomic mass is 16.5. The minimum Gasteiger partial charge on any atom is -0.493 e. The summed E-state index contributed by atoms with van der Waals surface area (Å²) in [6.07, 6.45) is 2.39. The van der Waals surface area contributed by atoms with Gasteiger partial charge in [-0.15, -0.1) is 0 Å². The second kappa shape index (κ2) is 5.96. The Hall–Kier alpha value is -1.42. The molecule has 1 fully saturated rings. The van der Waals surface area contributed by atoms with Crippen LogP contribution in [0.5, 0.6) is 5.75 Å². The predicted octanol–water partition coefficient (Wildman–Crippen LogP) is 2.28. The molecular formula is C14H22N2O2. The summed E-state index contributed by atoms with van der Waals surface area (Å²) in [5.74, 6) is 0.854. The maximum absolute atomic E-state index is 5.93. The number of nitrogen functional groups attached to an aromatic ring is 1. The smallest absolute Gasteiger partial charge is 0.123 e. The van der Waals surface area contributed by atoms with E-state index in [4.69, 9.17) is 15.2 Å². The zero-order chi connectivity index (χ0) is 13.0. The summed E-state index contributed by atoms with van der Waals surface area (Å²) < 4.78 is 11.0. The number of hydrogen-bond donors (Lipinski definition) is 1. The highest BCUT2D eigenvalue weighted by Gasteiger charge is 2.22. The molecule has 4 nitrogen and oxygen atoms in total. The average Bonchev–Trinajstić information content (AvgIpc) is 2.84. The van der Waals surface area contributed by atoms with Crippen LogP contribution in [0.15, 0.2) is 18.2 Å². The quantitative estimate of drug-likeness (QED) is 0.814. The molecule has 2 rings (SSSR count). The molecule has 1 atom stereocenters. The van der Waals surface area contributed by atoms with Crippen molar-refractivity contribution in [3.05, 3.63) is 18.2 Å². The fourth-order valence-corrected chi connectivity index (χ4v) is 2.25. The molecule has 1 aliphatic rings. The molecule has 0 bridgehead atoms. The Bertz CT molecular complexity index is 395. The monoisotopic (exact) mass is 250 g/mol. The zero-order valence-electron chi connectivity index (χ0n) is 11.2. The maximum atomic E-state index is 5.93. The van der Waals surface area contributed by atoms with Gasteiger partial charge in [-0.3, -0.25) is 0 Å². The highest BCUT2D eigenvalue weighted by Crippen LogP contribution is 2.28. The van der Waals surface area contributed by atoms with E-state index < -0.39 is 0 Å². The van der Waals surface area contributed by atoms with Gasteiger partial charge in [0.1, 0.15) is 5.75 Å². The Morgan fingerprint density at radius 1 is 1.39 bits per heavy atom. The molecule has 1 saturated heterocycles. The molecule has 1 aromatic rings. The summed E-state index contributed by atoms with van der Waals surface area (Å²) in [6.45, 7) is 4.75. The summed E-state index contributed by atoms with van der Waals surface area (Å²) >= 11 is 0. The number of anilines is 2. The number of hydrogen-bond acceptors (Lipinski definition) is 4. The molecule has 1 unspecified atom stereocenters. The lowest BCUT2D eigenvalue weighted by molar-refractivity contribution is 0.121. The SMILES string of the molecule is CCCOc1cc(N)cc(N2CCC(OC)C2)c1. The van der Waals surface area contributed by atoms with Crippen LogP contribution in [0.1, 0.15) is 19.8 Å². The van der Waals surface area contributed by atoms with Gasteiger partial charge >= 0.3 is 0 Å². The Morgan fingerprint density at radius 3 is 2.89 bits per heavy atom. The van der Waals surface area contributed by atoms with Crippen LogP contribution in [0.4, 0.5) is 11.4 Å². The number of rotatable bonds is 5. The first-order valence-electron chi connectivity index (χ1n) is 6.54. The summed E-state index contributed by atoms with van der Waals surface area (Å²) in [5.41, 5.74) is 7.80.